The lowest BCUT2D eigenvalue weighted by Gasteiger charge is -2.22. The molecule has 0 heterocycles. The fraction of sp³-hybridized carbons (Fsp3) is 0.300. The smallest absolute Gasteiger partial charge is 0.316 e. The molecule has 24 heavy (non-hydrogen) atoms. The summed E-state index contributed by atoms with van der Waals surface area (Å²) < 4.78 is 0. The summed E-state index contributed by atoms with van der Waals surface area (Å²) in [5.41, 5.74) is 3.42. The second-order valence-electron chi connectivity index (χ2n) is 6.03. The Kier molecular flexibility index (Phi) is 5.74. The monoisotopic (exact) mass is 324 g/mol. The third-order valence-electron chi connectivity index (χ3n) is 3.99. The molecule has 0 atom stereocenters. The van der Waals surface area contributed by atoms with Gasteiger partial charge in [0.15, 0.2) is 0 Å². The van der Waals surface area contributed by atoms with E-state index in [4.69, 9.17) is 0 Å². The van der Waals surface area contributed by atoms with Gasteiger partial charge in [0.25, 0.3) is 0 Å². The van der Waals surface area contributed by atoms with Crippen molar-refractivity contribution >= 4 is 23.2 Å². The number of rotatable bonds is 4. The van der Waals surface area contributed by atoms with Crippen molar-refractivity contribution in [1.82, 2.24) is 0 Å². The van der Waals surface area contributed by atoms with Gasteiger partial charge in [-0.15, -0.1) is 0 Å². The average Bonchev–Trinajstić information content (AvgIpc) is 2.57. The van der Waals surface area contributed by atoms with E-state index in [1.54, 1.807) is 0 Å². The first-order chi connectivity index (χ1) is 11.5. The average molecular weight is 324 g/mol. The molecule has 126 valence electrons. The fourth-order valence-corrected chi connectivity index (χ4v) is 2.68. The zero-order valence-electron chi connectivity index (χ0n) is 14.7. The van der Waals surface area contributed by atoms with Crippen LogP contribution in [0.4, 0.5) is 11.4 Å². The molecule has 0 aromatic heterocycles. The molecule has 0 aliphatic rings. The highest BCUT2D eigenvalue weighted by Crippen LogP contribution is 2.27. The Bertz CT molecular complexity index is 724. The van der Waals surface area contributed by atoms with E-state index in [-0.39, 0.29) is 5.92 Å². The Hall–Kier alpha value is -2.62. The molecule has 4 nitrogen and oxygen atoms in total. The lowest BCUT2D eigenvalue weighted by atomic mass is 9.98. The summed E-state index contributed by atoms with van der Waals surface area (Å²) in [6.07, 6.45) is 0. The van der Waals surface area contributed by atoms with Gasteiger partial charge in [0, 0.05) is 17.9 Å². The molecule has 0 aliphatic carbocycles. The van der Waals surface area contributed by atoms with Gasteiger partial charge in [0.2, 0.25) is 0 Å². The molecule has 0 bridgehead atoms. The molecular formula is C20H24N2O2. The summed E-state index contributed by atoms with van der Waals surface area (Å²) in [5.74, 6) is -0.912. The van der Waals surface area contributed by atoms with Gasteiger partial charge in [-0.3, -0.25) is 9.59 Å². The number of nitrogens with one attached hydrogen (secondary N) is 1. The molecule has 0 saturated carbocycles. The number of likely N-dealkylation sites (N-methyl/N-ethyl adjacent to an activating group) is 1. The second-order valence-corrected chi connectivity index (χ2v) is 6.03. The third-order valence-corrected chi connectivity index (χ3v) is 3.99. The molecule has 2 aromatic rings. The van der Waals surface area contributed by atoms with Crippen LogP contribution in [0, 0.1) is 6.92 Å². The summed E-state index contributed by atoms with van der Waals surface area (Å²) in [7, 11) is 0. The normalized spacial score (nSPS) is 10.5. The summed E-state index contributed by atoms with van der Waals surface area (Å²) >= 11 is 0. The maximum atomic E-state index is 12.6. The number of amides is 2. The third kappa shape index (κ3) is 3.82. The Balaban J connectivity index is 2.25. The lowest BCUT2D eigenvalue weighted by Crippen LogP contribution is -2.40. The molecule has 4 heteroatoms. The van der Waals surface area contributed by atoms with Gasteiger partial charge in [0.05, 0.1) is 0 Å². The van der Waals surface area contributed by atoms with E-state index in [0.29, 0.717) is 12.2 Å². The number of anilines is 2. The first kappa shape index (κ1) is 17.7. The van der Waals surface area contributed by atoms with Gasteiger partial charge < -0.3 is 10.2 Å². The first-order valence-corrected chi connectivity index (χ1v) is 8.23. The van der Waals surface area contributed by atoms with Crippen molar-refractivity contribution in [2.24, 2.45) is 0 Å². The van der Waals surface area contributed by atoms with E-state index in [1.807, 2.05) is 62.4 Å². The zero-order chi connectivity index (χ0) is 17.7. The molecule has 0 radical (unpaired) electrons. The molecular weight excluding hydrogens is 300 g/mol. The van der Waals surface area contributed by atoms with Crippen molar-refractivity contribution < 1.29 is 9.59 Å². The minimum Gasteiger partial charge on any atom is -0.317 e. The van der Waals surface area contributed by atoms with Crippen molar-refractivity contribution in [1.29, 1.82) is 0 Å². The Morgan fingerprint density at radius 1 is 1.04 bits per heavy atom. The van der Waals surface area contributed by atoms with Crippen molar-refractivity contribution in [3.63, 3.8) is 0 Å². The van der Waals surface area contributed by atoms with Crippen molar-refractivity contribution in [3.05, 3.63) is 59.7 Å². The summed E-state index contributed by atoms with van der Waals surface area (Å²) in [6, 6.07) is 15.1. The molecule has 0 unspecified atom stereocenters. The van der Waals surface area contributed by atoms with Gasteiger partial charge in [-0.1, -0.05) is 50.2 Å². The number of aryl methyl sites for hydroxylation is 1. The standard InChI is InChI=1S/C20H24N2O2/c1-5-22(16-11-7-6-8-12-16)20(24)19(23)21-18-15(4)10-9-13-17(18)14(2)3/h6-14H,5H2,1-4H3,(H,21,23). The minimum absolute atomic E-state index is 0.256. The predicted octanol–water partition coefficient (Wildman–Crippen LogP) is 4.11. The molecule has 0 fully saturated rings. The van der Waals surface area contributed by atoms with Crippen molar-refractivity contribution in [2.75, 3.05) is 16.8 Å². The molecule has 0 saturated heterocycles. The van der Waals surface area contributed by atoms with E-state index >= 15 is 0 Å². The zero-order valence-corrected chi connectivity index (χ0v) is 14.7. The Morgan fingerprint density at radius 3 is 2.29 bits per heavy atom. The highest BCUT2D eigenvalue weighted by molar-refractivity contribution is 6.44. The molecule has 2 rings (SSSR count). The van der Waals surface area contributed by atoms with Crippen LogP contribution < -0.4 is 10.2 Å². The number of hydrogen-bond acceptors (Lipinski definition) is 2. The maximum Gasteiger partial charge on any atom is 0.316 e. The van der Waals surface area contributed by atoms with Gasteiger partial charge in [-0.05, 0) is 43.0 Å². The van der Waals surface area contributed by atoms with Crippen LogP contribution in [0.1, 0.15) is 37.8 Å². The number of benzene rings is 2. The topological polar surface area (TPSA) is 49.4 Å². The highest BCUT2D eigenvalue weighted by atomic mass is 16.2. The largest absolute Gasteiger partial charge is 0.317 e. The van der Waals surface area contributed by atoms with Crippen LogP contribution in [-0.2, 0) is 9.59 Å². The van der Waals surface area contributed by atoms with Gasteiger partial charge in [-0.2, -0.15) is 0 Å². The molecule has 0 spiro atoms. The van der Waals surface area contributed by atoms with Crippen LogP contribution in [0.5, 0.6) is 0 Å². The van der Waals surface area contributed by atoms with Gasteiger partial charge in [0.1, 0.15) is 0 Å². The van der Waals surface area contributed by atoms with Crippen LogP contribution in [0.2, 0.25) is 0 Å². The number of carbonyl (C=O) groups excluding carboxylic acids is 2. The second kappa shape index (κ2) is 7.77. The maximum absolute atomic E-state index is 12.6. The minimum atomic E-state index is -0.614. The number of nitrogens with zero attached hydrogens (tertiary/aromatic N) is 1. The highest BCUT2D eigenvalue weighted by Gasteiger charge is 2.23. The number of hydrogen-bond donors (Lipinski definition) is 1. The van der Waals surface area contributed by atoms with Crippen molar-refractivity contribution in [2.45, 2.75) is 33.6 Å². The first-order valence-electron chi connectivity index (χ1n) is 8.23. The van der Waals surface area contributed by atoms with E-state index in [1.165, 1.54) is 4.90 Å². The van der Waals surface area contributed by atoms with Gasteiger partial charge >= 0.3 is 11.8 Å². The van der Waals surface area contributed by atoms with Crippen molar-refractivity contribution in [3.8, 4) is 0 Å². The summed E-state index contributed by atoms with van der Waals surface area (Å²) in [4.78, 5) is 26.6. The van der Waals surface area contributed by atoms with Crippen LogP contribution in [-0.4, -0.2) is 18.4 Å². The fourth-order valence-electron chi connectivity index (χ4n) is 2.68. The van der Waals surface area contributed by atoms with E-state index in [0.717, 1.165) is 16.8 Å². The van der Waals surface area contributed by atoms with E-state index in [2.05, 4.69) is 19.2 Å². The lowest BCUT2D eigenvalue weighted by molar-refractivity contribution is -0.134. The Morgan fingerprint density at radius 2 is 1.71 bits per heavy atom. The van der Waals surface area contributed by atoms with Crippen LogP contribution >= 0.6 is 0 Å². The quantitative estimate of drug-likeness (QED) is 0.860. The summed E-state index contributed by atoms with van der Waals surface area (Å²) in [6.45, 7) is 8.34. The SMILES string of the molecule is CCN(C(=O)C(=O)Nc1c(C)cccc1C(C)C)c1ccccc1. The van der Waals surface area contributed by atoms with E-state index in [9.17, 15) is 9.59 Å². The number of para-hydroxylation sites is 2. The Labute approximate surface area is 143 Å². The molecule has 1 N–H and O–H groups in total. The predicted molar refractivity (Wildman–Crippen MR) is 98.4 cm³/mol. The number of carbonyl (C=O) groups is 2. The molecule has 2 aromatic carbocycles. The van der Waals surface area contributed by atoms with Crippen LogP contribution in [0.15, 0.2) is 48.5 Å². The van der Waals surface area contributed by atoms with Gasteiger partial charge in [-0.25, -0.2) is 0 Å². The van der Waals surface area contributed by atoms with Crippen LogP contribution in [0.25, 0.3) is 0 Å². The molecule has 0 aliphatic heterocycles. The summed E-state index contributed by atoms with van der Waals surface area (Å²) in [5, 5.41) is 2.81. The van der Waals surface area contributed by atoms with E-state index < -0.39 is 11.8 Å². The molecule has 2 amide bonds. The van der Waals surface area contributed by atoms with Crippen LogP contribution in [0.3, 0.4) is 0 Å².